The summed E-state index contributed by atoms with van der Waals surface area (Å²) in [5.41, 5.74) is 8.69. The molecule has 0 unspecified atom stereocenters. The van der Waals surface area contributed by atoms with Crippen LogP contribution in [-0.4, -0.2) is 0 Å². The molecule has 1 rings (SSSR count). The molecule has 0 aliphatic carbocycles. The molecule has 0 spiro atoms. The second kappa shape index (κ2) is 4.65. The van der Waals surface area contributed by atoms with Crippen LogP contribution in [0.15, 0.2) is 17.7 Å². The highest BCUT2D eigenvalue weighted by atomic mass is 14.1. The summed E-state index contributed by atoms with van der Waals surface area (Å²) in [7, 11) is 0. The third-order valence-corrected chi connectivity index (χ3v) is 3.55. The van der Waals surface area contributed by atoms with Crippen LogP contribution in [0.4, 0.5) is 0 Å². The minimum Gasteiger partial charge on any atom is -0.0884 e. The third-order valence-electron chi connectivity index (χ3n) is 3.55. The van der Waals surface area contributed by atoms with E-state index in [1.165, 1.54) is 33.4 Å². The monoisotopic (exact) mass is 202 g/mol. The summed E-state index contributed by atoms with van der Waals surface area (Å²) in [5, 5.41) is 0. The molecule has 82 valence electrons. The van der Waals surface area contributed by atoms with Crippen molar-refractivity contribution in [3.8, 4) is 0 Å². The number of allylic oxidation sites excluding steroid dienone is 2. The van der Waals surface area contributed by atoms with Crippen molar-refractivity contribution in [2.75, 3.05) is 0 Å². The van der Waals surface area contributed by atoms with Gasteiger partial charge in [0.05, 0.1) is 0 Å². The van der Waals surface area contributed by atoms with Crippen LogP contribution in [0.3, 0.4) is 0 Å². The van der Waals surface area contributed by atoms with Crippen LogP contribution in [-0.2, 0) is 6.42 Å². The zero-order chi connectivity index (χ0) is 11.6. The van der Waals surface area contributed by atoms with E-state index in [2.05, 4.69) is 53.7 Å². The molecule has 1 aromatic carbocycles. The average Bonchev–Trinajstić information content (AvgIpc) is 2.22. The van der Waals surface area contributed by atoms with E-state index in [9.17, 15) is 0 Å². The van der Waals surface area contributed by atoms with Crippen molar-refractivity contribution < 1.29 is 0 Å². The lowest BCUT2D eigenvalue weighted by Crippen LogP contribution is -1.98. The Morgan fingerprint density at radius 2 is 1.67 bits per heavy atom. The predicted octanol–water partition coefficient (Wildman–Crippen LogP) is 4.43. The van der Waals surface area contributed by atoms with E-state index < -0.39 is 0 Å². The summed E-state index contributed by atoms with van der Waals surface area (Å²) in [6.45, 7) is 13.2. The Bertz CT molecular complexity index is 395. The van der Waals surface area contributed by atoms with Crippen LogP contribution >= 0.6 is 0 Å². The maximum atomic E-state index is 2.34. The van der Waals surface area contributed by atoms with Crippen LogP contribution in [0.25, 0.3) is 0 Å². The second-order valence-corrected chi connectivity index (χ2v) is 4.54. The summed E-state index contributed by atoms with van der Waals surface area (Å²) in [6.07, 6.45) is 3.29. The second-order valence-electron chi connectivity index (χ2n) is 4.54. The van der Waals surface area contributed by atoms with Crippen LogP contribution in [0.1, 0.15) is 41.7 Å². The minimum atomic E-state index is 1.09. The first-order valence-corrected chi connectivity index (χ1v) is 5.65. The summed E-state index contributed by atoms with van der Waals surface area (Å²) < 4.78 is 0. The van der Waals surface area contributed by atoms with Gasteiger partial charge in [-0.05, 0) is 75.8 Å². The third kappa shape index (κ3) is 2.50. The molecule has 0 radical (unpaired) electrons. The molecule has 0 N–H and O–H groups in total. The number of aryl methyl sites for hydroxylation is 1. The van der Waals surface area contributed by atoms with Crippen LogP contribution in [0, 0.1) is 27.7 Å². The molecule has 0 heteroatoms. The number of hydrogen-bond donors (Lipinski definition) is 0. The molecule has 0 atom stereocenters. The van der Waals surface area contributed by atoms with Crippen molar-refractivity contribution in [3.05, 3.63) is 45.5 Å². The van der Waals surface area contributed by atoms with E-state index in [-0.39, 0.29) is 0 Å². The van der Waals surface area contributed by atoms with Crippen LogP contribution in [0.2, 0.25) is 0 Å². The van der Waals surface area contributed by atoms with Gasteiger partial charge in [-0.3, -0.25) is 0 Å². The van der Waals surface area contributed by atoms with Gasteiger partial charge in [-0.1, -0.05) is 17.7 Å². The smallest absolute Gasteiger partial charge is 0.00672 e. The maximum Gasteiger partial charge on any atom is -0.00672 e. The maximum absolute atomic E-state index is 2.34. The van der Waals surface area contributed by atoms with Gasteiger partial charge in [-0.25, -0.2) is 0 Å². The van der Waals surface area contributed by atoms with E-state index in [0.29, 0.717) is 0 Å². The highest BCUT2D eigenvalue weighted by molar-refractivity contribution is 5.44. The fraction of sp³-hybridized carbons (Fsp3) is 0.467. The molecule has 1 aromatic rings. The fourth-order valence-corrected chi connectivity index (χ4v) is 1.88. The molecule has 0 amide bonds. The van der Waals surface area contributed by atoms with E-state index in [4.69, 9.17) is 0 Å². The Morgan fingerprint density at radius 3 is 2.20 bits per heavy atom. The largest absolute Gasteiger partial charge is 0.0884 e. The van der Waals surface area contributed by atoms with Crippen molar-refractivity contribution in [1.82, 2.24) is 0 Å². The topological polar surface area (TPSA) is 0 Å². The minimum absolute atomic E-state index is 1.09. The average molecular weight is 202 g/mol. The Labute approximate surface area is 94.0 Å². The molecule has 0 heterocycles. The Kier molecular flexibility index (Phi) is 3.73. The van der Waals surface area contributed by atoms with Crippen molar-refractivity contribution >= 4 is 0 Å². The highest BCUT2D eigenvalue weighted by Crippen LogP contribution is 2.23. The molecule has 15 heavy (non-hydrogen) atoms. The van der Waals surface area contributed by atoms with E-state index >= 15 is 0 Å². The molecular weight excluding hydrogens is 180 g/mol. The lowest BCUT2D eigenvalue weighted by Gasteiger charge is -2.14. The van der Waals surface area contributed by atoms with Gasteiger partial charge in [0.15, 0.2) is 0 Å². The standard InChI is InChI=1S/C15H22/c1-7-10(2)8-15-9-11(3)12(4)13(5)14(15)6/h7,9H,8H2,1-6H3/b10-7+. The zero-order valence-corrected chi connectivity index (χ0v) is 10.9. The molecule has 0 aliphatic heterocycles. The SMILES string of the molecule is C/C=C(\C)Cc1cc(C)c(C)c(C)c1C. The van der Waals surface area contributed by atoms with Gasteiger partial charge in [-0.15, -0.1) is 0 Å². The van der Waals surface area contributed by atoms with Gasteiger partial charge in [0, 0.05) is 0 Å². The normalized spacial score (nSPS) is 12.0. The van der Waals surface area contributed by atoms with Gasteiger partial charge < -0.3 is 0 Å². The molecule has 0 aliphatic rings. The van der Waals surface area contributed by atoms with Gasteiger partial charge in [0.2, 0.25) is 0 Å². The lowest BCUT2D eigenvalue weighted by atomic mass is 9.91. The first-order valence-electron chi connectivity index (χ1n) is 5.65. The fourth-order valence-electron chi connectivity index (χ4n) is 1.88. The zero-order valence-electron chi connectivity index (χ0n) is 10.9. The highest BCUT2D eigenvalue weighted by Gasteiger charge is 2.06. The molecule has 0 aromatic heterocycles. The van der Waals surface area contributed by atoms with E-state index in [0.717, 1.165) is 6.42 Å². The summed E-state index contributed by atoms with van der Waals surface area (Å²) in [5.74, 6) is 0. The molecule has 0 saturated heterocycles. The molecule has 0 saturated carbocycles. The summed E-state index contributed by atoms with van der Waals surface area (Å²) in [6, 6.07) is 2.34. The molecular formula is C15H22. The molecule has 0 bridgehead atoms. The summed E-state index contributed by atoms with van der Waals surface area (Å²) >= 11 is 0. The number of rotatable bonds is 2. The van der Waals surface area contributed by atoms with Gasteiger partial charge in [0.25, 0.3) is 0 Å². The quantitative estimate of drug-likeness (QED) is 0.622. The van der Waals surface area contributed by atoms with Crippen molar-refractivity contribution in [3.63, 3.8) is 0 Å². The van der Waals surface area contributed by atoms with E-state index in [1.54, 1.807) is 0 Å². The lowest BCUT2D eigenvalue weighted by molar-refractivity contribution is 1.07. The Balaban J connectivity index is 3.21. The first kappa shape index (κ1) is 12.0. The molecule has 0 nitrogen and oxygen atoms in total. The van der Waals surface area contributed by atoms with E-state index in [1.807, 2.05) is 0 Å². The Morgan fingerprint density at radius 1 is 1.07 bits per heavy atom. The molecule has 0 fully saturated rings. The van der Waals surface area contributed by atoms with Crippen molar-refractivity contribution in [2.45, 2.75) is 48.0 Å². The van der Waals surface area contributed by atoms with Gasteiger partial charge >= 0.3 is 0 Å². The van der Waals surface area contributed by atoms with Crippen molar-refractivity contribution in [2.24, 2.45) is 0 Å². The van der Waals surface area contributed by atoms with Crippen LogP contribution in [0.5, 0.6) is 0 Å². The summed E-state index contributed by atoms with van der Waals surface area (Å²) in [4.78, 5) is 0. The Hall–Kier alpha value is -1.04. The number of benzene rings is 1. The van der Waals surface area contributed by atoms with Crippen LogP contribution < -0.4 is 0 Å². The predicted molar refractivity (Wildman–Crippen MR) is 68.5 cm³/mol. The van der Waals surface area contributed by atoms with Gasteiger partial charge in [0.1, 0.15) is 0 Å². The van der Waals surface area contributed by atoms with Crippen molar-refractivity contribution in [1.29, 1.82) is 0 Å². The van der Waals surface area contributed by atoms with Gasteiger partial charge in [-0.2, -0.15) is 0 Å². The number of hydrogen-bond acceptors (Lipinski definition) is 0. The first-order chi connectivity index (χ1) is 6.97.